The third-order valence-corrected chi connectivity index (χ3v) is 2.31. The number of carbonyl (C=O) groups excluding carboxylic acids is 1. The van der Waals surface area contributed by atoms with Crippen LogP contribution >= 0.6 is 0 Å². The van der Waals surface area contributed by atoms with Crippen LogP contribution in [0.5, 0.6) is 0 Å². The van der Waals surface area contributed by atoms with Crippen LogP contribution in [-0.4, -0.2) is 35.6 Å². The first-order chi connectivity index (χ1) is 5.77. The minimum absolute atomic E-state index is 0.00967. The monoisotopic (exact) mass is 169 g/mol. The van der Waals surface area contributed by atoms with Crippen LogP contribution in [-0.2, 0) is 4.79 Å². The van der Waals surface area contributed by atoms with Gasteiger partial charge in [0.15, 0.2) is 0 Å². The lowest BCUT2D eigenvalue weighted by Gasteiger charge is -2.13. The van der Waals surface area contributed by atoms with E-state index in [1.165, 1.54) is 6.08 Å². The number of hydrogen-bond acceptors (Lipinski definition) is 2. The van der Waals surface area contributed by atoms with Crippen LogP contribution < -0.4 is 0 Å². The summed E-state index contributed by atoms with van der Waals surface area (Å²) in [6, 6.07) is 0. The molecule has 1 rings (SSSR count). The number of likely N-dealkylation sites (tertiary alicyclic amines) is 1. The Balaban J connectivity index is 2.34. The van der Waals surface area contributed by atoms with Gasteiger partial charge in [-0.3, -0.25) is 4.79 Å². The van der Waals surface area contributed by atoms with Crippen molar-refractivity contribution in [3.63, 3.8) is 0 Å². The van der Waals surface area contributed by atoms with Gasteiger partial charge in [-0.1, -0.05) is 6.58 Å². The molecule has 1 atom stereocenters. The van der Waals surface area contributed by atoms with Crippen LogP contribution in [0.3, 0.4) is 0 Å². The predicted octanol–water partition coefficient (Wildman–Crippen LogP) is 0.403. The van der Waals surface area contributed by atoms with E-state index in [0.717, 1.165) is 25.9 Å². The molecule has 0 radical (unpaired) electrons. The molecule has 1 N–H and O–H groups in total. The van der Waals surface area contributed by atoms with Crippen molar-refractivity contribution in [3.05, 3.63) is 12.7 Å². The van der Waals surface area contributed by atoms with Crippen molar-refractivity contribution in [2.45, 2.75) is 12.8 Å². The zero-order valence-corrected chi connectivity index (χ0v) is 7.20. The standard InChI is InChI=1S/C9H15NO2/c1-2-9(12)10-5-3-8(7-10)4-6-11/h2,8,11H,1,3-7H2. The fourth-order valence-electron chi connectivity index (χ4n) is 1.58. The highest BCUT2D eigenvalue weighted by Gasteiger charge is 2.23. The van der Waals surface area contributed by atoms with Crippen LogP contribution in [0.15, 0.2) is 12.7 Å². The molecular weight excluding hydrogens is 154 g/mol. The van der Waals surface area contributed by atoms with E-state index < -0.39 is 0 Å². The van der Waals surface area contributed by atoms with Crippen molar-refractivity contribution in [3.8, 4) is 0 Å². The second-order valence-electron chi connectivity index (χ2n) is 3.16. The van der Waals surface area contributed by atoms with Crippen molar-refractivity contribution in [2.75, 3.05) is 19.7 Å². The number of carbonyl (C=O) groups is 1. The van der Waals surface area contributed by atoms with E-state index in [4.69, 9.17) is 5.11 Å². The molecule has 3 nitrogen and oxygen atoms in total. The molecule has 1 fully saturated rings. The molecule has 1 aliphatic heterocycles. The molecule has 0 aromatic heterocycles. The van der Waals surface area contributed by atoms with Crippen molar-refractivity contribution in [2.24, 2.45) is 5.92 Å². The highest BCUT2D eigenvalue weighted by Crippen LogP contribution is 2.18. The van der Waals surface area contributed by atoms with E-state index in [-0.39, 0.29) is 12.5 Å². The van der Waals surface area contributed by atoms with E-state index in [1.807, 2.05) is 0 Å². The van der Waals surface area contributed by atoms with Gasteiger partial charge in [-0.05, 0) is 24.8 Å². The van der Waals surface area contributed by atoms with Crippen molar-refractivity contribution in [1.82, 2.24) is 4.90 Å². The number of aliphatic hydroxyl groups is 1. The Morgan fingerprint density at radius 2 is 2.50 bits per heavy atom. The molecular formula is C9H15NO2. The van der Waals surface area contributed by atoms with Gasteiger partial charge in [0.1, 0.15) is 0 Å². The van der Waals surface area contributed by atoms with E-state index in [2.05, 4.69) is 6.58 Å². The summed E-state index contributed by atoms with van der Waals surface area (Å²) < 4.78 is 0. The number of hydrogen-bond donors (Lipinski definition) is 1. The minimum Gasteiger partial charge on any atom is -0.396 e. The van der Waals surface area contributed by atoms with Crippen LogP contribution in [0.2, 0.25) is 0 Å². The summed E-state index contributed by atoms with van der Waals surface area (Å²) in [5, 5.41) is 8.69. The Morgan fingerprint density at radius 1 is 1.75 bits per heavy atom. The van der Waals surface area contributed by atoms with E-state index in [0.29, 0.717) is 5.92 Å². The largest absolute Gasteiger partial charge is 0.396 e. The van der Waals surface area contributed by atoms with Crippen molar-refractivity contribution in [1.29, 1.82) is 0 Å². The van der Waals surface area contributed by atoms with Gasteiger partial charge in [0, 0.05) is 19.7 Å². The zero-order chi connectivity index (χ0) is 8.97. The SMILES string of the molecule is C=CC(=O)N1CCC(CCO)C1. The molecule has 1 amide bonds. The summed E-state index contributed by atoms with van der Waals surface area (Å²) in [6.45, 7) is 5.26. The number of aliphatic hydroxyl groups excluding tert-OH is 1. The molecule has 1 heterocycles. The Labute approximate surface area is 72.7 Å². The molecule has 0 bridgehead atoms. The Hall–Kier alpha value is -0.830. The third kappa shape index (κ3) is 2.08. The van der Waals surface area contributed by atoms with Crippen LogP contribution in [0.4, 0.5) is 0 Å². The van der Waals surface area contributed by atoms with Gasteiger partial charge < -0.3 is 10.0 Å². The maximum absolute atomic E-state index is 11.1. The van der Waals surface area contributed by atoms with Gasteiger partial charge in [0.2, 0.25) is 5.91 Å². The molecule has 0 aromatic carbocycles. The van der Waals surface area contributed by atoms with Crippen molar-refractivity contribution < 1.29 is 9.90 Å². The smallest absolute Gasteiger partial charge is 0.245 e. The Bertz CT molecular complexity index is 179. The highest BCUT2D eigenvalue weighted by atomic mass is 16.3. The Kier molecular flexibility index (Phi) is 3.29. The van der Waals surface area contributed by atoms with E-state index in [9.17, 15) is 4.79 Å². The lowest BCUT2D eigenvalue weighted by molar-refractivity contribution is -0.125. The second kappa shape index (κ2) is 4.26. The van der Waals surface area contributed by atoms with Crippen LogP contribution in [0, 0.1) is 5.92 Å². The quantitative estimate of drug-likeness (QED) is 0.621. The van der Waals surface area contributed by atoms with Gasteiger partial charge >= 0.3 is 0 Å². The maximum atomic E-state index is 11.1. The molecule has 68 valence electrons. The molecule has 1 aliphatic rings. The summed E-state index contributed by atoms with van der Waals surface area (Å²) in [6.07, 6.45) is 3.17. The van der Waals surface area contributed by atoms with E-state index in [1.54, 1.807) is 4.90 Å². The lowest BCUT2D eigenvalue weighted by atomic mass is 10.1. The summed E-state index contributed by atoms with van der Waals surface area (Å²) in [4.78, 5) is 12.9. The first-order valence-corrected chi connectivity index (χ1v) is 4.30. The van der Waals surface area contributed by atoms with E-state index >= 15 is 0 Å². The number of amides is 1. The topological polar surface area (TPSA) is 40.5 Å². The normalized spacial score (nSPS) is 22.8. The molecule has 1 unspecified atom stereocenters. The molecule has 0 saturated carbocycles. The fourth-order valence-corrected chi connectivity index (χ4v) is 1.58. The molecule has 0 spiro atoms. The molecule has 0 aliphatic carbocycles. The number of rotatable bonds is 3. The first kappa shape index (κ1) is 9.26. The van der Waals surface area contributed by atoms with Crippen LogP contribution in [0.25, 0.3) is 0 Å². The van der Waals surface area contributed by atoms with Gasteiger partial charge in [-0.15, -0.1) is 0 Å². The molecule has 3 heteroatoms. The summed E-state index contributed by atoms with van der Waals surface area (Å²) in [5.74, 6) is 0.495. The molecule has 12 heavy (non-hydrogen) atoms. The lowest BCUT2D eigenvalue weighted by Crippen LogP contribution is -2.26. The van der Waals surface area contributed by atoms with Gasteiger partial charge in [-0.25, -0.2) is 0 Å². The zero-order valence-electron chi connectivity index (χ0n) is 7.20. The van der Waals surface area contributed by atoms with Crippen molar-refractivity contribution >= 4 is 5.91 Å². The summed E-state index contributed by atoms with van der Waals surface area (Å²) in [7, 11) is 0. The summed E-state index contributed by atoms with van der Waals surface area (Å²) in [5.41, 5.74) is 0. The van der Waals surface area contributed by atoms with Gasteiger partial charge in [0.25, 0.3) is 0 Å². The highest BCUT2D eigenvalue weighted by molar-refractivity contribution is 5.87. The first-order valence-electron chi connectivity index (χ1n) is 4.30. The van der Waals surface area contributed by atoms with Gasteiger partial charge in [-0.2, -0.15) is 0 Å². The molecule has 0 aromatic rings. The average molecular weight is 169 g/mol. The minimum atomic E-state index is 0.00967. The average Bonchev–Trinajstić information content (AvgIpc) is 2.52. The fraction of sp³-hybridized carbons (Fsp3) is 0.667. The Morgan fingerprint density at radius 3 is 3.08 bits per heavy atom. The maximum Gasteiger partial charge on any atom is 0.245 e. The van der Waals surface area contributed by atoms with Crippen LogP contribution in [0.1, 0.15) is 12.8 Å². The number of nitrogens with zero attached hydrogens (tertiary/aromatic N) is 1. The van der Waals surface area contributed by atoms with Gasteiger partial charge in [0.05, 0.1) is 0 Å². The third-order valence-electron chi connectivity index (χ3n) is 2.31. The summed E-state index contributed by atoms with van der Waals surface area (Å²) >= 11 is 0. The second-order valence-corrected chi connectivity index (χ2v) is 3.16. The molecule has 1 saturated heterocycles. The predicted molar refractivity (Wildman–Crippen MR) is 46.6 cm³/mol.